The minimum Gasteiger partial charge on any atom is -0.463 e. The van der Waals surface area contributed by atoms with Crippen molar-refractivity contribution in [2.75, 3.05) is 11.3 Å². The molecule has 0 atom stereocenters. The van der Waals surface area contributed by atoms with Crippen LogP contribution in [-0.4, -0.2) is 35.1 Å². The molecule has 0 radical (unpaired) electrons. The first kappa shape index (κ1) is 15.5. The van der Waals surface area contributed by atoms with Crippen molar-refractivity contribution in [3.8, 4) is 6.01 Å². The van der Waals surface area contributed by atoms with Crippen molar-refractivity contribution in [2.24, 2.45) is 0 Å². The van der Waals surface area contributed by atoms with Crippen LogP contribution in [0.2, 0.25) is 4.34 Å². The Morgan fingerprint density at radius 2 is 2.33 bits per heavy atom. The van der Waals surface area contributed by atoms with Gasteiger partial charge in [-0.3, -0.25) is 10.1 Å². The summed E-state index contributed by atoms with van der Waals surface area (Å²) in [7, 11) is -4.06. The Balaban J connectivity index is 2.25. The number of hydrogen-bond acceptors (Lipinski definition) is 8. The number of H-pyrrole nitrogens is 1. The summed E-state index contributed by atoms with van der Waals surface area (Å²) >= 11 is 6.19. The first-order chi connectivity index (χ1) is 9.83. The van der Waals surface area contributed by atoms with Gasteiger partial charge < -0.3 is 4.74 Å². The quantitative estimate of drug-likeness (QED) is 0.593. The number of nitrogens with one attached hydrogen (secondary N) is 2. The van der Waals surface area contributed by atoms with Crippen LogP contribution in [-0.2, 0) is 10.0 Å². The van der Waals surface area contributed by atoms with Crippen molar-refractivity contribution in [3.05, 3.63) is 20.5 Å². The third kappa shape index (κ3) is 3.40. The van der Waals surface area contributed by atoms with Crippen molar-refractivity contribution in [3.63, 3.8) is 0 Å². The maximum atomic E-state index is 12.0. The zero-order chi connectivity index (χ0) is 15.6. The number of aromatic nitrogens is 3. The third-order valence-corrected chi connectivity index (χ3v) is 5.23. The number of aromatic amines is 1. The van der Waals surface area contributed by atoms with Gasteiger partial charge in [-0.15, -0.1) is 16.4 Å². The number of rotatable bonds is 6. The summed E-state index contributed by atoms with van der Waals surface area (Å²) in [5, 5.41) is 16.6. The number of nitrogens with zero attached hydrogens (tertiary/aromatic N) is 3. The van der Waals surface area contributed by atoms with Gasteiger partial charge in [0.25, 0.3) is 15.7 Å². The lowest BCUT2D eigenvalue weighted by molar-refractivity contribution is -0.384. The topological polar surface area (TPSA) is 140 Å². The van der Waals surface area contributed by atoms with Crippen molar-refractivity contribution in [1.29, 1.82) is 0 Å². The molecule has 2 aromatic rings. The molecule has 0 saturated heterocycles. The predicted molar refractivity (Wildman–Crippen MR) is 74.3 cm³/mol. The first-order valence-corrected chi connectivity index (χ1v) is 8.03. The zero-order valence-corrected chi connectivity index (χ0v) is 12.8. The van der Waals surface area contributed by atoms with Gasteiger partial charge in [-0.1, -0.05) is 11.6 Å². The Kier molecular flexibility index (Phi) is 4.29. The molecule has 2 N–H and O–H groups in total. The molecule has 10 nitrogen and oxygen atoms in total. The van der Waals surface area contributed by atoms with Gasteiger partial charge in [0.15, 0.2) is 4.34 Å². The van der Waals surface area contributed by atoms with Gasteiger partial charge in [0.2, 0.25) is 5.95 Å². The van der Waals surface area contributed by atoms with Gasteiger partial charge in [0, 0.05) is 6.07 Å². The molecule has 0 saturated carbocycles. The number of nitro groups is 1. The van der Waals surface area contributed by atoms with E-state index in [1.54, 1.807) is 6.92 Å². The maximum Gasteiger partial charge on any atom is 0.337 e. The average molecular weight is 354 g/mol. The van der Waals surface area contributed by atoms with E-state index in [2.05, 4.69) is 19.9 Å². The molecular weight excluding hydrogens is 346 g/mol. The van der Waals surface area contributed by atoms with Gasteiger partial charge in [-0.2, -0.15) is 4.98 Å². The fourth-order valence-corrected chi connectivity index (χ4v) is 3.88. The molecule has 0 fully saturated rings. The van der Waals surface area contributed by atoms with E-state index in [9.17, 15) is 18.5 Å². The fourth-order valence-electron chi connectivity index (χ4n) is 1.26. The van der Waals surface area contributed by atoms with Crippen molar-refractivity contribution < 1.29 is 18.1 Å². The second-order valence-electron chi connectivity index (χ2n) is 3.49. The third-order valence-electron chi connectivity index (χ3n) is 2.08. The standard InChI is InChI=1S/C8H8ClN5O5S2/c1-2-19-8-10-7(11-12-8)13-21(17,18)5-3-4(14(15)16)6(9)20-5/h3H,2H2,1H3,(H2,10,11,12,13). The predicted octanol–water partition coefficient (Wildman–Crippen LogP) is 1.63. The highest BCUT2D eigenvalue weighted by atomic mass is 35.5. The van der Waals surface area contributed by atoms with Crippen molar-refractivity contribution >= 4 is 44.6 Å². The Morgan fingerprint density at radius 1 is 1.62 bits per heavy atom. The highest BCUT2D eigenvalue weighted by molar-refractivity contribution is 7.94. The van der Waals surface area contributed by atoms with Crippen LogP contribution in [0.5, 0.6) is 6.01 Å². The van der Waals surface area contributed by atoms with Crippen LogP contribution in [0.25, 0.3) is 0 Å². The minimum absolute atomic E-state index is 0.0228. The number of thiophene rings is 1. The monoisotopic (exact) mass is 353 g/mol. The summed E-state index contributed by atoms with van der Waals surface area (Å²) in [5.41, 5.74) is -0.477. The van der Waals surface area contributed by atoms with E-state index in [1.807, 2.05) is 0 Å². The molecule has 0 aliphatic carbocycles. The highest BCUT2D eigenvalue weighted by Crippen LogP contribution is 2.36. The second kappa shape index (κ2) is 5.83. The summed E-state index contributed by atoms with van der Waals surface area (Å²) in [6, 6.07) is 0.847. The Bertz CT molecular complexity index is 770. The molecule has 2 rings (SSSR count). The van der Waals surface area contributed by atoms with Crippen LogP contribution in [0.3, 0.4) is 0 Å². The molecule has 21 heavy (non-hydrogen) atoms. The van der Waals surface area contributed by atoms with Gasteiger partial charge in [0.05, 0.1) is 11.5 Å². The van der Waals surface area contributed by atoms with Crippen molar-refractivity contribution in [1.82, 2.24) is 15.2 Å². The zero-order valence-electron chi connectivity index (χ0n) is 10.4. The average Bonchev–Trinajstić information content (AvgIpc) is 2.96. The summed E-state index contributed by atoms with van der Waals surface area (Å²) in [6.45, 7) is 2.03. The molecule has 114 valence electrons. The lowest BCUT2D eigenvalue weighted by Crippen LogP contribution is -2.12. The second-order valence-corrected chi connectivity index (χ2v) is 7.05. The van der Waals surface area contributed by atoms with E-state index < -0.39 is 20.6 Å². The lowest BCUT2D eigenvalue weighted by Gasteiger charge is -2.00. The number of sulfonamides is 1. The van der Waals surface area contributed by atoms with E-state index in [4.69, 9.17) is 16.3 Å². The summed E-state index contributed by atoms with van der Waals surface area (Å²) in [4.78, 5) is 13.6. The van der Waals surface area contributed by atoms with E-state index in [1.165, 1.54) is 0 Å². The molecule has 0 unspecified atom stereocenters. The largest absolute Gasteiger partial charge is 0.463 e. The number of ether oxygens (including phenoxy) is 1. The van der Waals surface area contributed by atoms with Crippen molar-refractivity contribution in [2.45, 2.75) is 11.1 Å². The lowest BCUT2D eigenvalue weighted by atomic mass is 10.6. The van der Waals surface area contributed by atoms with Crippen LogP contribution in [0.4, 0.5) is 11.6 Å². The first-order valence-electron chi connectivity index (χ1n) is 5.35. The molecule has 0 spiro atoms. The summed E-state index contributed by atoms with van der Waals surface area (Å²) < 4.78 is 30.6. The van der Waals surface area contributed by atoms with E-state index >= 15 is 0 Å². The Labute approximate surface area is 127 Å². The fraction of sp³-hybridized carbons (Fsp3) is 0.250. The van der Waals surface area contributed by atoms with Crippen LogP contribution >= 0.6 is 22.9 Å². The van der Waals surface area contributed by atoms with Gasteiger partial charge in [-0.25, -0.2) is 18.2 Å². The van der Waals surface area contributed by atoms with Crippen LogP contribution < -0.4 is 9.46 Å². The van der Waals surface area contributed by atoms with Gasteiger partial charge >= 0.3 is 6.01 Å². The van der Waals surface area contributed by atoms with Crippen LogP contribution in [0, 0.1) is 10.1 Å². The smallest absolute Gasteiger partial charge is 0.337 e. The molecular formula is C8H8ClN5O5S2. The number of halogens is 1. The molecule has 0 aromatic carbocycles. The normalized spacial score (nSPS) is 11.3. The van der Waals surface area contributed by atoms with Gasteiger partial charge in [-0.05, 0) is 6.92 Å². The van der Waals surface area contributed by atoms with Gasteiger partial charge in [0.1, 0.15) is 4.21 Å². The van der Waals surface area contributed by atoms with Crippen LogP contribution in [0.15, 0.2) is 10.3 Å². The minimum atomic E-state index is -4.06. The number of anilines is 1. The molecule has 2 heterocycles. The highest BCUT2D eigenvalue weighted by Gasteiger charge is 2.26. The molecule has 0 aliphatic heterocycles. The number of hydrogen-bond donors (Lipinski definition) is 2. The Hall–Kier alpha value is -1.92. The van der Waals surface area contributed by atoms with E-state index in [0.29, 0.717) is 17.9 Å². The van der Waals surface area contributed by atoms with E-state index in [0.717, 1.165) is 6.07 Å². The summed E-state index contributed by atoms with van der Waals surface area (Å²) in [5.74, 6) is -0.175. The van der Waals surface area contributed by atoms with Crippen LogP contribution in [0.1, 0.15) is 6.92 Å². The maximum absolute atomic E-state index is 12.0. The molecule has 13 heteroatoms. The van der Waals surface area contributed by atoms with E-state index in [-0.39, 0.29) is 20.5 Å². The molecule has 2 aromatic heterocycles. The molecule has 0 aliphatic rings. The Morgan fingerprint density at radius 3 is 2.90 bits per heavy atom. The molecule has 0 bridgehead atoms. The summed E-state index contributed by atoms with van der Waals surface area (Å²) in [6.07, 6.45) is 0. The molecule has 0 amide bonds. The SMILES string of the molecule is CCOc1n[nH]c(NS(=O)(=O)c2cc([N+](=O)[O-])c(Cl)s2)n1.